The van der Waals surface area contributed by atoms with Gasteiger partial charge in [0.05, 0.1) is 0 Å². The standard InChI is InChI=1S/2C15H13.2C13H10.2C8H11.2ClH.2Zr/c2*1-10-3-5-14-12(7-10)9-13-8-11(2)4-6-15(13)14;2*1-3-7-12(8-4-1)11-13-9-5-2-6-10-13;2*1-2-5-8-6-3-4-7-8;;;;/h2*3-9H,1-2H3;2*1-10H;2*3,6H,2,4-5H2,1H3;2*1H;;/q2*-1;;;2*-1;;;2*+2/p-2. The first-order valence-corrected chi connectivity index (χ1v) is 28.6. The molecule has 0 spiro atoms. The molecule has 0 heterocycles. The number of hydrogen-bond acceptors (Lipinski definition) is 0. The maximum atomic E-state index is 3.26. The topological polar surface area (TPSA) is 0 Å². The molecule has 0 saturated carbocycles. The summed E-state index contributed by atoms with van der Waals surface area (Å²) in [6, 6.07) is 73.4. The third-order valence-electron chi connectivity index (χ3n) is 12.9. The second-order valence-corrected chi connectivity index (χ2v) is 21.4. The van der Waals surface area contributed by atoms with Crippen molar-refractivity contribution >= 4 is 49.5 Å². The van der Waals surface area contributed by atoms with Gasteiger partial charge in [0, 0.05) is 0 Å². The fourth-order valence-corrected chi connectivity index (χ4v) is 10.7. The van der Waals surface area contributed by atoms with Crippen molar-refractivity contribution in [1.29, 1.82) is 0 Å². The van der Waals surface area contributed by atoms with Crippen LogP contribution in [0, 0.1) is 39.8 Å². The Bertz CT molecular complexity index is 3080. The first-order valence-electron chi connectivity index (χ1n) is 26.1. The van der Waals surface area contributed by atoms with E-state index in [1.54, 1.807) is 0 Å². The fraction of sp³-hybridized carbons (Fsp3) is 0.167. The molecule has 0 fully saturated rings. The Kier molecular flexibility index (Phi) is 26.1. The van der Waals surface area contributed by atoms with Crippen LogP contribution in [0.1, 0.15) is 96.9 Å². The van der Waals surface area contributed by atoms with Gasteiger partial charge in [0.2, 0.25) is 0 Å². The van der Waals surface area contributed by atoms with Crippen molar-refractivity contribution in [2.75, 3.05) is 0 Å². The molecule has 0 aliphatic heterocycles. The van der Waals surface area contributed by atoms with Crippen LogP contribution in [0.4, 0.5) is 0 Å². The minimum atomic E-state index is 0. The Morgan fingerprint density at radius 3 is 0.842 bits per heavy atom. The second kappa shape index (κ2) is 32.3. The maximum absolute atomic E-state index is 3.26. The van der Waals surface area contributed by atoms with Gasteiger partial charge in [-0.25, -0.2) is 23.3 Å². The van der Waals surface area contributed by atoms with E-state index in [1.807, 2.05) is 0 Å². The summed E-state index contributed by atoms with van der Waals surface area (Å²) < 4.78 is 2.83. The van der Waals surface area contributed by atoms with Crippen LogP contribution in [-0.2, 0) is 48.5 Å². The predicted molar refractivity (Wildman–Crippen MR) is 316 cm³/mol. The van der Waals surface area contributed by atoms with Crippen LogP contribution in [0.25, 0.3) is 43.1 Å². The Hall–Kier alpha value is -5.45. The number of benzene rings is 8. The molecule has 0 nitrogen and oxygen atoms in total. The zero-order valence-corrected chi connectivity index (χ0v) is 51.4. The molecule has 2 aliphatic rings. The Balaban J connectivity index is 0.000000170. The van der Waals surface area contributed by atoms with Gasteiger partial charge in [0.25, 0.3) is 0 Å². The average Bonchev–Trinajstić information content (AvgIpc) is 4.29. The summed E-state index contributed by atoms with van der Waals surface area (Å²) in [5.74, 6) is 0. The summed E-state index contributed by atoms with van der Waals surface area (Å²) >= 11 is 2.92. The molecule has 4 heteroatoms. The first-order chi connectivity index (χ1) is 36.1. The molecule has 10 aromatic rings. The quantitative estimate of drug-likeness (QED) is 0.133. The van der Waals surface area contributed by atoms with E-state index in [4.69, 9.17) is 0 Å². The zero-order valence-electron chi connectivity index (χ0n) is 44.9. The van der Waals surface area contributed by atoms with Gasteiger partial charge in [-0.1, -0.05) is 110 Å². The van der Waals surface area contributed by atoms with E-state index >= 15 is 0 Å². The van der Waals surface area contributed by atoms with Gasteiger partial charge in [0.15, 0.2) is 0 Å². The number of fused-ring (bicyclic) bond motifs is 6. The van der Waals surface area contributed by atoms with Gasteiger partial charge in [-0.05, 0) is 27.7 Å². The molecule has 380 valence electrons. The van der Waals surface area contributed by atoms with Gasteiger partial charge in [-0.3, -0.25) is 12.2 Å². The van der Waals surface area contributed by atoms with Crippen molar-refractivity contribution in [3.05, 3.63) is 298 Å². The molecule has 0 radical (unpaired) electrons. The summed E-state index contributed by atoms with van der Waals surface area (Å²) in [5.41, 5.74) is 13.4. The Morgan fingerprint density at radius 1 is 0.382 bits per heavy atom. The van der Waals surface area contributed by atoms with Crippen molar-refractivity contribution in [2.24, 2.45) is 0 Å². The number of hydrogen-bond donors (Lipinski definition) is 0. The summed E-state index contributed by atoms with van der Waals surface area (Å²) in [6.07, 6.45) is 22.2. The van der Waals surface area contributed by atoms with Crippen LogP contribution in [-0.4, -0.2) is 6.41 Å². The van der Waals surface area contributed by atoms with E-state index in [9.17, 15) is 0 Å². The molecular weight excluding hydrogens is 1120 g/mol. The first kappa shape index (κ1) is 61.4. The molecule has 0 atom stereocenters. The predicted octanol–water partition coefficient (Wildman–Crippen LogP) is 13.2. The monoisotopic (exact) mass is 1180 g/mol. The van der Waals surface area contributed by atoms with Gasteiger partial charge < -0.3 is 24.8 Å². The summed E-state index contributed by atoms with van der Waals surface area (Å²) in [6.45, 7) is 13.0. The summed E-state index contributed by atoms with van der Waals surface area (Å²) in [7, 11) is 0. The van der Waals surface area contributed by atoms with Crippen molar-refractivity contribution < 1.29 is 73.3 Å². The van der Waals surface area contributed by atoms with E-state index in [0.717, 1.165) is 12.8 Å². The van der Waals surface area contributed by atoms with Crippen molar-refractivity contribution in [1.82, 2.24) is 0 Å². The zero-order chi connectivity index (χ0) is 52.1. The molecule has 0 amide bonds. The van der Waals surface area contributed by atoms with Crippen LogP contribution >= 0.6 is 0 Å². The van der Waals surface area contributed by atoms with Crippen LogP contribution in [0.3, 0.4) is 0 Å². The minimum absolute atomic E-state index is 0. The second-order valence-electron chi connectivity index (χ2n) is 19.0. The molecule has 0 bridgehead atoms. The molecule has 0 saturated heterocycles. The number of allylic oxidation sites excluding steroid dienone is 8. The Morgan fingerprint density at radius 2 is 0.632 bits per heavy atom. The van der Waals surface area contributed by atoms with E-state index in [0.29, 0.717) is 0 Å². The number of aryl methyl sites for hydroxylation is 4. The number of rotatable bonds is 8. The van der Waals surface area contributed by atoms with E-state index < -0.39 is 0 Å². The average molecular weight is 1190 g/mol. The molecule has 10 aromatic carbocycles. The van der Waals surface area contributed by atoms with Gasteiger partial charge in [0.1, 0.15) is 0 Å². The van der Waals surface area contributed by atoms with Crippen molar-refractivity contribution in [3.8, 4) is 0 Å². The molecule has 0 N–H and O–H groups in total. The van der Waals surface area contributed by atoms with Gasteiger partial charge in [-0.2, -0.15) is 12.2 Å². The van der Waals surface area contributed by atoms with Crippen LogP contribution in [0.15, 0.2) is 242 Å². The van der Waals surface area contributed by atoms with E-state index in [1.165, 1.54) is 179 Å². The normalized spacial score (nSPS) is 11.7. The van der Waals surface area contributed by atoms with Crippen LogP contribution in [0.5, 0.6) is 0 Å². The van der Waals surface area contributed by atoms with Gasteiger partial charge in [-0.15, -0.1) is 92.3 Å². The third kappa shape index (κ3) is 18.4. The van der Waals surface area contributed by atoms with Gasteiger partial charge >= 0.3 is 198 Å². The third-order valence-corrected chi connectivity index (χ3v) is 15.7. The van der Waals surface area contributed by atoms with Crippen molar-refractivity contribution in [2.45, 2.75) is 80.1 Å². The molecule has 0 aromatic heterocycles. The number of halogens is 2. The molecule has 2 aliphatic carbocycles. The van der Waals surface area contributed by atoms with E-state index in [-0.39, 0.29) is 24.8 Å². The Labute approximate surface area is 496 Å². The van der Waals surface area contributed by atoms with Crippen LogP contribution in [0.2, 0.25) is 0 Å². The molecule has 76 heavy (non-hydrogen) atoms. The molecule has 0 unspecified atom stereocenters. The summed E-state index contributed by atoms with van der Waals surface area (Å²) in [4.78, 5) is 0. The molecule has 12 rings (SSSR count). The fourth-order valence-electron chi connectivity index (χ4n) is 9.06. The molecular formula is C72H68Cl2Zr2-2. The van der Waals surface area contributed by atoms with Crippen LogP contribution < -0.4 is 24.8 Å². The summed E-state index contributed by atoms with van der Waals surface area (Å²) in [5, 5.41) is 10.9. The SMILES string of the molecule is CCCC1=[C-]CC=C1.CCCC1=[C-]CC=C1.Cc1ccc2c(c1)[cH-]c1cc(C)ccc12.Cc1ccc2c(c1)[cH-]c1cc(C)ccc12.[Cl-].[Cl-].[Zr+2]=[C](c1ccccc1)c1ccccc1.[Zr+2]=[C](c1ccccc1)c1ccccc1. The van der Waals surface area contributed by atoms with E-state index in [2.05, 4.69) is 284 Å². The van der Waals surface area contributed by atoms with Crippen molar-refractivity contribution in [3.63, 3.8) is 0 Å².